The molecule has 1 heterocycles. The molecule has 8 nitrogen and oxygen atoms in total. The van der Waals surface area contributed by atoms with Gasteiger partial charge in [0.05, 0.1) is 25.8 Å². The van der Waals surface area contributed by atoms with E-state index in [0.717, 1.165) is 0 Å². The zero-order valence-corrected chi connectivity index (χ0v) is 16.4. The van der Waals surface area contributed by atoms with Crippen LogP contribution in [-0.4, -0.2) is 45.3 Å². The average molecular weight is 404 g/mol. The fourth-order valence-electron chi connectivity index (χ4n) is 3.06. The number of nitrogens with one attached hydrogen (secondary N) is 1. The molecule has 2 amide bonds. The van der Waals surface area contributed by atoms with Crippen molar-refractivity contribution in [3.63, 3.8) is 0 Å². The van der Waals surface area contributed by atoms with Crippen molar-refractivity contribution < 1.29 is 27.5 Å². The Bertz CT molecular complexity index is 1030. The van der Waals surface area contributed by atoms with Crippen LogP contribution in [0.1, 0.15) is 28.9 Å². The summed E-state index contributed by atoms with van der Waals surface area (Å²) in [5, 5.41) is 2.70. The van der Waals surface area contributed by atoms with E-state index in [2.05, 4.69) is 5.32 Å². The van der Waals surface area contributed by atoms with E-state index in [1.807, 2.05) is 0 Å². The van der Waals surface area contributed by atoms with Gasteiger partial charge in [-0.3, -0.25) is 9.59 Å². The third kappa shape index (κ3) is 3.40. The maximum absolute atomic E-state index is 12.6. The number of carbonyl (C=O) groups excluding carboxylic acids is 2. The van der Waals surface area contributed by atoms with E-state index < -0.39 is 34.4 Å². The molecule has 2 aromatic carbocycles. The van der Waals surface area contributed by atoms with Gasteiger partial charge in [-0.15, -0.1) is 0 Å². The van der Waals surface area contributed by atoms with Crippen molar-refractivity contribution in [2.75, 3.05) is 20.8 Å². The molecule has 0 aromatic heterocycles. The number of nitrogens with zero attached hydrogens (tertiary/aromatic N) is 1. The molecular weight excluding hydrogens is 384 g/mol. The lowest BCUT2D eigenvalue weighted by Gasteiger charge is -2.20. The predicted molar refractivity (Wildman–Crippen MR) is 101 cm³/mol. The van der Waals surface area contributed by atoms with Crippen LogP contribution in [0, 0.1) is 0 Å². The van der Waals surface area contributed by atoms with Crippen LogP contribution >= 0.6 is 0 Å². The summed E-state index contributed by atoms with van der Waals surface area (Å²) in [5.41, 5.74) is 0.729. The molecular formula is C19H20N2O6S. The van der Waals surface area contributed by atoms with Crippen LogP contribution in [0.5, 0.6) is 11.5 Å². The minimum absolute atomic E-state index is 0.0674. The maximum Gasteiger partial charge on any atom is 0.269 e. The molecule has 9 heteroatoms. The fourth-order valence-corrected chi connectivity index (χ4v) is 4.59. The van der Waals surface area contributed by atoms with E-state index in [1.54, 1.807) is 31.2 Å². The molecule has 0 spiro atoms. The first-order valence-electron chi connectivity index (χ1n) is 8.47. The van der Waals surface area contributed by atoms with Crippen molar-refractivity contribution in [1.29, 1.82) is 0 Å². The zero-order chi connectivity index (χ0) is 20.5. The van der Waals surface area contributed by atoms with Crippen molar-refractivity contribution in [3.8, 4) is 11.5 Å². The third-order valence-corrected chi connectivity index (χ3v) is 6.27. The topological polar surface area (TPSA) is 102 Å². The molecule has 0 aliphatic carbocycles. The summed E-state index contributed by atoms with van der Waals surface area (Å²) < 4.78 is 36.2. The summed E-state index contributed by atoms with van der Waals surface area (Å²) in [6.45, 7) is 1.12. The minimum Gasteiger partial charge on any atom is -0.497 e. The maximum atomic E-state index is 12.6. The van der Waals surface area contributed by atoms with Gasteiger partial charge in [0.2, 0.25) is 5.91 Å². The quantitative estimate of drug-likeness (QED) is 0.787. The number of hydrogen-bond donors (Lipinski definition) is 1. The molecule has 3 rings (SSSR count). The molecule has 28 heavy (non-hydrogen) atoms. The summed E-state index contributed by atoms with van der Waals surface area (Å²) in [6.07, 6.45) is 0. The number of amides is 2. The number of rotatable bonds is 6. The van der Waals surface area contributed by atoms with E-state index >= 15 is 0 Å². The van der Waals surface area contributed by atoms with Crippen molar-refractivity contribution >= 4 is 21.8 Å². The van der Waals surface area contributed by atoms with Gasteiger partial charge in [0.1, 0.15) is 22.9 Å². The Labute approximate surface area is 163 Å². The Kier molecular flexibility index (Phi) is 5.28. The first-order chi connectivity index (χ1) is 13.3. The molecule has 1 N–H and O–H groups in total. The highest BCUT2D eigenvalue weighted by Crippen LogP contribution is 2.31. The molecule has 0 saturated heterocycles. The monoisotopic (exact) mass is 404 g/mol. The molecule has 1 unspecified atom stereocenters. The second-order valence-corrected chi connectivity index (χ2v) is 8.04. The first kappa shape index (κ1) is 19.7. The van der Waals surface area contributed by atoms with Crippen molar-refractivity contribution in [1.82, 2.24) is 9.62 Å². The normalized spacial score (nSPS) is 15.7. The average Bonchev–Trinajstić information content (AvgIpc) is 2.88. The van der Waals surface area contributed by atoms with Crippen molar-refractivity contribution in [2.24, 2.45) is 0 Å². The van der Waals surface area contributed by atoms with E-state index in [4.69, 9.17) is 9.47 Å². The second kappa shape index (κ2) is 7.51. The van der Waals surface area contributed by atoms with Crippen LogP contribution in [0.15, 0.2) is 47.4 Å². The van der Waals surface area contributed by atoms with Crippen LogP contribution in [0.25, 0.3) is 0 Å². The highest BCUT2D eigenvalue weighted by molar-refractivity contribution is 7.90. The number of methoxy groups -OCH3 is 2. The Morgan fingerprint density at radius 2 is 1.86 bits per heavy atom. The summed E-state index contributed by atoms with van der Waals surface area (Å²) in [4.78, 5) is 24.8. The van der Waals surface area contributed by atoms with Gasteiger partial charge < -0.3 is 14.8 Å². The lowest BCUT2D eigenvalue weighted by molar-refractivity contribution is -0.121. The van der Waals surface area contributed by atoms with Crippen LogP contribution < -0.4 is 14.8 Å². The molecule has 2 aromatic rings. The van der Waals surface area contributed by atoms with Crippen molar-refractivity contribution in [3.05, 3.63) is 53.6 Å². The van der Waals surface area contributed by atoms with Gasteiger partial charge in [0.15, 0.2) is 0 Å². The molecule has 0 saturated carbocycles. The lowest BCUT2D eigenvalue weighted by Crippen LogP contribution is -2.41. The highest BCUT2D eigenvalue weighted by atomic mass is 32.2. The standard InChI is InChI=1S/C19H20N2O6S/c1-12(15-10-13(26-2)8-9-16(15)27-3)20-18(22)11-21-19(23)14-6-4-5-7-17(14)28(21,24)25/h4-10,12H,11H2,1-3H3,(H,20,22). The number of ether oxygens (including phenoxy) is 2. The molecule has 0 radical (unpaired) electrons. The third-order valence-electron chi connectivity index (χ3n) is 4.48. The number of carbonyl (C=O) groups is 2. The number of hydrogen-bond acceptors (Lipinski definition) is 6. The summed E-state index contributed by atoms with van der Waals surface area (Å²) in [5.74, 6) is -0.185. The molecule has 0 bridgehead atoms. The van der Waals surface area contributed by atoms with E-state index in [1.165, 1.54) is 32.4 Å². The number of fused-ring (bicyclic) bond motifs is 1. The van der Waals surface area contributed by atoms with Gasteiger partial charge >= 0.3 is 0 Å². The van der Waals surface area contributed by atoms with Gasteiger partial charge in [-0.1, -0.05) is 12.1 Å². The smallest absolute Gasteiger partial charge is 0.269 e. The van der Waals surface area contributed by atoms with Crippen LogP contribution in [0.2, 0.25) is 0 Å². The van der Waals surface area contributed by atoms with Gasteiger partial charge in [0, 0.05) is 5.56 Å². The zero-order valence-electron chi connectivity index (χ0n) is 15.6. The Balaban J connectivity index is 1.77. The van der Waals surface area contributed by atoms with Gasteiger partial charge in [-0.2, -0.15) is 0 Å². The molecule has 0 fully saturated rings. The molecule has 1 aliphatic heterocycles. The Morgan fingerprint density at radius 1 is 1.14 bits per heavy atom. The predicted octanol–water partition coefficient (Wildman–Crippen LogP) is 1.73. The highest BCUT2D eigenvalue weighted by Gasteiger charge is 2.41. The van der Waals surface area contributed by atoms with Crippen LogP contribution in [0.4, 0.5) is 0 Å². The molecule has 1 atom stereocenters. The second-order valence-electron chi connectivity index (χ2n) is 6.21. The SMILES string of the molecule is COc1ccc(OC)c(C(C)NC(=O)CN2C(=O)c3ccccc3S2(=O)=O)c1. The lowest BCUT2D eigenvalue weighted by atomic mass is 10.1. The summed E-state index contributed by atoms with van der Waals surface area (Å²) >= 11 is 0. The largest absolute Gasteiger partial charge is 0.497 e. The molecule has 148 valence electrons. The first-order valence-corrected chi connectivity index (χ1v) is 9.91. The summed E-state index contributed by atoms with van der Waals surface area (Å²) in [6, 6.07) is 10.5. The van der Waals surface area contributed by atoms with Crippen molar-refractivity contribution in [2.45, 2.75) is 17.9 Å². The van der Waals surface area contributed by atoms with Gasteiger partial charge in [0.25, 0.3) is 15.9 Å². The van der Waals surface area contributed by atoms with Gasteiger partial charge in [-0.25, -0.2) is 12.7 Å². The number of benzene rings is 2. The summed E-state index contributed by atoms with van der Waals surface area (Å²) in [7, 11) is -1.01. The van der Waals surface area contributed by atoms with E-state index in [-0.39, 0.29) is 10.5 Å². The van der Waals surface area contributed by atoms with E-state index in [9.17, 15) is 18.0 Å². The van der Waals surface area contributed by atoms with E-state index in [0.29, 0.717) is 21.4 Å². The van der Waals surface area contributed by atoms with Crippen LogP contribution in [-0.2, 0) is 14.8 Å². The molecule has 1 aliphatic rings. The Morgan fingerprint density at radius 3 is 2.50 bits per heavy atom. The minimum atomic E-state index is -4.04. The Hall–Kier alpha value is -3.07. The number of sulfonamides is 1. The fraction of sp³-hybridized carbons (Fsp3) is 0.263. The van der Waals surface area contributed by atoms with Crippen LogP contribution in [0.3, 0.4) is 0 Å². The van der Waals surface area contributed by atoms with Gasteiger partial charge in [-0.05, 0) is 37.3 Å².